The number of benzene rings is 2. The van der Waals surface area contributed by atoms with Gasteiger partial charge in [-0.05, 0) is 73.2 Å². The number of nitrogens with zero attached hydrogens (tertiary/aromatic N) is 6. The third-order valence-corrected chi connectivity index (χ3v) is 9.43. The summed E-state index contributed by atoms with van der Waals surface area (Å²) in [7, 11) is 1.84. The van der Waals surface area contributed by atoms with Crippen LogP contribution in [0.15, 0.2) is 47.4 Å². The molecule has 2 aliphatic heterocycles. The maximum Gasteiger partial charge on any atom is 0.319 e. The number of fused-ring (bicyclic) bond motifs is 3. The largest absolute Gasteiger partial charge is 0.463 e. The number of carbonyl (C=O) groups is 1. The Labute approximate surface area is 269 Å². The zero-order chi connectivity index (χ0) is 33.0. The van der Waals surface area contributed by atoms with Gasteiger partial charge in [0.1, 0.15) is 30.0 Å². The highest BCUT2D eigenvalue weighted by molar-refractivity contribution is 6.14. The van der Waals surface area contributed by atoms with Crippen molar-refractivity contribution >= 4 is 39.3 Å². The number of alkyl halides is 1. The first kappa shape index (κ1) is 30.8. The molecule has 2 N–H and O–H groups in total. The molecule has 1 aliphatic carbocycles. The number of aromatic nitrogens is 2. The van der Waals surface area contributed by atoms with Gasteiger partial charge in [0.25, 0.3) is 5.91 Å². The van der Waals surface area contributed by atoms with Crippen molar-refractivity contribution < 1.29 is 27.1 Å². The zero-order valence-corrected chi connectivity index (χ0v) is 25.9. The second kappa shape index (κ2) is 12.1. The molecule has 13 heteroatoms. The first-order valence-electron chi connectivity index (χ1n) is 15.7. The van der Waals surface area contributed by atoms with Crippen LogP contribution in [-0.4, -0.2) is 83.8 Å². The molecule has 10 nitrogen and oxygen atoms in total. The Balaban J connectivity index is 1.37. The molecule has 3 atom stereocenters. The van der Waals surface area contributed by atoms with Crippen molar-refractivity contribution in [1.29, 1.82) is 5.26 Å². The van der Waals surface area contributed by atoms with Gasteiger partial charge in [-0.1, -0.05) is 6.58 Å². The van der Waals surface area contributed by atoms with Gasteiger partial charge in [-0.3, -0.25) is 9.69 Å². The lowest BCUT2D eigenvalue weighted by Crippen LogP contribution is -2.55. The van der Waals surface area contributed by atoms with E-state index in [0.29, 0.717) is 63.0 Å². The number of anilines is 2. The lowest BCUT2D eigenvalue weighted by molar-refractivity contribution is -0.131. The topological polar surface area (TPSA) is 125 Å². The van der Waals surface area contributed by atoms with Gasteiger partial charge in [0.05, 0.1) is 35.7 Å². The van der Waals surface area contributed by atoms with E-state index in [9.17, 15) is 18.8 Å². The number of amides is 1. The minimum atomic E-state index is -1.09. The highest BCUT2D eigenvalue weighted by Crippen LogP contribution is 2.49. The standard InChI is InChI=1S/C34H34F3N7O3/c1-18(35)33(45)44-9-8-43(16-22(44)5-7-38)32-30-28(40-34(41-32)47-17-23-11-20(36)15-42(23)2)14-25(24-6-10-46-31(24)30)26-12-21(39)13-27(37)29(26)19-3-4-19/h6,10,12-14,19-20,22-23H,1,3-5,8-9,11,15-17,39H2,2H3/t20-,22+,23+/m1/s1. The molecule has 1 saturated carbocycles. The molecule has 0 bridgehead atoms. The van der Waals surface area contributed by atoms with Crippen molar-refractivity contribution in [2.75, 3.05) is 50.5 Å². The van der Waals surface area contributed by atoms with Crippen LogP contribution in [0.5, 0.6) is 6.01 Å². The predicted octanol–water partition coefficient (Wildman–Crippen LogP) is 5.48. The van der Waals surface area contributed by atoms with Crippen LogP contribution in [0.1, 0.15) is 37.2 Å². The normalized spacial score (nSPS) is 21.8. The average molecular weight is 646 g/mol. The van der Waals surface area contributed by atoms with Crippen molar-refractivity contribution in [3.63, 3.8) is 0 Å². The molecule has 4 aromatic rings. The number of ether oxygens (including phenoxy) is 1. The summed E-state index contributed by atoms with van der Waals surface area (Å²) in [5, 5.41) is 10.8. The summed E-state index contributed by atoms with van der Waals surface area (Å²) < 4.78 is 55.6. The van der Waals surface area contributed by atoms with E-state index < -0.39 is 23.9 Å². The summed E-state index contributed by atoms with van der Waals surface area (Å²) in [6.07, 6.45) is 2.64. The molecule has 3 aliphatic rings. The van der Waals surface area contributed by atoms with E-state index in [1.54, 1.807) is 18.4 Å². The Bertz CT molecular complexity index is 1940. The van der Waals surface area contributed by atoms with E-state index in [1.807, 2.05) is 22.9 Å². The van der Waals surface area contributed by atoms with Gasteiger partial charge in [-0.25, -0.2) is 13.2 Å². The summed E-state index contributed by atoms with van der Waals surface area (Å²) in [6.45, 7) is 4.16. The molecule has 2 aromatic carbocycles. The number of rotatable bonds is 8. The number of likely N-dealkylation sites (tertiary alicyclic amines) is 1. The van der Waals surface area contributed by atoms with Crippen LogP contribution >= 0.6 is 0 Å². The molecule has 47 heavy (non-hydrogen) atoms. The number of nitriles is 1. The van der Waals surface area contributed by atoms with Crippen LogP contribution in [0.2, 0.25) is 0 Å². The summed E-state index contributed by atoms with van der Waals surface area (Å²) in [6, 6.07) is 8.11. The maximum atomic E-state index is 15.4. The third-order valence-electron chi connectivity index (χ3n) is 9.43. The van der Waals surface area contributed by atoms with Crippen LogP contribution in [0.25, 0.3) is 33.0 Å². The summed E-state index contributed by atoms with van der Waals surface area (Å²) >= 11 is 0. The van der Waals surface area contributed by atoms with Crippen molar-refractivity contribution in [1.82, 2.24) is 19.8 Å². The van der Waals surface area contributed by atoms with Gasteiger partial charge in [-0.15, -0.1) is 0 Å². The average Bonchev–Trinajstić information content (AvgIpc) is 3.64. The number of piperazine rings is 1. The fraction of sp³-hybridized carbons (Fsp3) is 0.412. The van der Waals surface area contributed by atoms with Crippen LogP contribution < -0.4 is 15.4 Å². The number of furan rings is 1. The summed E-state index contributed by atoms with van der Waals surface area (Å²) in [5.41, 5.74) is 9.33. The van der Waals surface area contributed by atoms with Crippen LogP contribution in [0.4, 0.5) is 24.7 Å². The number of nitrogen functional groups attached to an aromatic ring is 1. The maximum absolute atomic E-state index is 15.4. The number of carbonyl (C=O) groups excluding carboxylic acids is 1. The van der Waals surface area contributed by atoms with E-state index in [4.69, 9.17) is 24.9 Å². The second-order valence-electron chi connectivity index (χ2n) is 12.7. The summed E-state index contributed by atoms with van der Waals surface area (Å²) in [5.74, 6) is -1.78. The van der Waals surface area contributed by atoms with E-state index in [0.717, 1.165) is 12.8 Å². The van der Waals surface area contributed by atoms with Gasteiger partial charge in [0.15, 0.2) is 5.83 Å². The van der Waals surface area contributed by atoms with Crippen molar-refractivity contribution in [3.05, 3.63) is 54.3 Å². The quantitative estimate of drug-likeness (QED) is 0.196. The Morgan fingerprint density at radius 3 is 2.70 bits per heavy atom. The molecule has 4 heterocycles. The molecule has 1 amide bonds. The number of hydrogen-bond acceptors (Lipinski definition) is 9. The molecule has 0 radical (unpaired) electrons. The number of hydrogen-bond donors (Lipinski definition) is 1. The van der Waals surface area contributed by atoms with Crippen LogP contribution in [-0.2, 0) is 4.79 Å². The van der Waals surface area contributed by atoms with Gasteiger partial charge in [0.2, 0.25) is 0 Å². The fourth-order valence-corrected chi connectivity index (χ4v) is 6.99. The Morgan fingerprint density at radius 1 is 1.19 bits per heavy atom. The van der Waals surface area contributed by atoms with Gasteiger partial charge >= 0.3 is 6.01 Å². The smallest absolute Gasteiger partial charge is 0.319 e. The molecular weight excluding hydrogens is 611 g/mol. The lowest BCUT2D eigenvalue weighted by Gasteiger charge is -2.41. The monoisotopic (exact) mass is 645 g/mol. The second-order valence-corrected chi connectivity index (χ2v) is 12.7. The molecule has 3 fully saturated rings. The van der Waals surface area contributed by atoms with E-state index in [1.165, 1.54) is 11.0 Å². The van der Waals surface area contributed by atoms with Gasteiger partial charge < -0.3 is 24.7 Å². The van der Waals surface area contributed by atoms with Crippen molar-refractivity contribution in [2.45, 2.75) is 49.9 Å². The molecule has 0 spiro atoms. The SMILES string of the molecule is C=C(F)C(=O)N1CCN(c2nc(OC[C@@H]3C[C@@H](F)CN3C)nc3cc(-c4cc(N)cc(F)c4C4CC4)c4ccoc4c23)C[C@@H]1CC#N. The Morgan fingerprint density at radius 2 is 2.00 bits per heavy atom. The minimum Gasteiger partial charge on any atom is -0.463 e. The highest BCUT2D eigenvalue weighted by Gasteiger charge is 2.35. The Kier molecular flexibility index (Phi) is 7.91. The van der Waals surface area contributed by atoms with Gasteiger partial charge in [0, 0.05) is 43.3 Å². The van der Waals surface area contributed by atoms with E-state index >= 15 is 4.39 Å². The fourth-order valence-electron chi connectivity index (χ4n) is 6.99. The highest BCUT2D eigenvalue weighted by atomic mass is 19.1. The number of halogens is 3. The first-order chi connectivity index (χ1) is 22.6. The number of nitrogens with two attached hydrogens (primary N) is 1. The van der Waals surface area contributed by atoms with Crippen LogP contribution in [0.3, 0.4) is 0 Å². The van der Waals surface area contributed by atoms with Gasteiger partial charge in [-0.2, -0.15) is 15.2 Å². The predicted molar refractivity (Wildman–Crippen MR) is 171 cm³/mol. The van der Waals surface area contributed by atoms with Crippen molar-refractivity contribution in [3.8, 4) is 23.2 Å². The zero-order valence-electron chi connectivity index (χ0n) is 25.9. The molecular formula is C34H34F3N7O3. The third kappa shape index (κ3) is 5.71. The minimum absolute atomic E-state index is 0.0362. The molecule has 2 aromatic heterocycles. The Hall–Kier alpha value is -4.83. The number of likely N-dealkylation sites (N-methyl/N-ethyl adjacent to an activating group) is 1. The molecule has 7 rings (SSSR count). The van der Waals surface area contributed by atoms with Crippen molar-refractivity contribution in [2.24, 2.45) is 0 Å². The van der Waals surface area contributed by atoms with Crippen LogP contribution in [0, 0.1) is 17.1 Å². The first-order valence-corrected chi connectivity index (χ1v) is 15.7. The molecule has 0 unspecified atom stereocenters. The van der Waals surface area contributed by atoms with E-state index in [-0.39, 0.29) is 56.4 Å². The summed E-state index contributed by atoms with van der Waals surface area (Å²) in [4.78, 5) is 27.3. The molecule has 2 saturated heterocycles. The lowest BCUT2D eigenvalue weighted by atomic mass is 9.92. The molecule has 244 valence electrons. The van der Waals surface area contributed by atoms with E-state index in [2.05, 4.69) is 12.6 Å².